The minimum atomic E-state index is 0.452. The number of aryl methyl sites for hydroxylation is 1. The molecular weight excluding hydrogens is 270 g/mol. The average molecular weight is 288 g/mol. The molecule has 0 aromatic heterocycles. The minimum Gasteiger partial charge on any atom is -0.491 e. The lowest BCUT2D eigenvalue weighted by atomic mass is 9.83. The topological polar surface area (TPSA) is 35.2 Å². The zero-order chi connectivity index (χ0) is 13.9. The van der Waals surface area contributed by atoms with Crippen molar-refractivity contribution >= 4 is 17.3 Å². The van der Waals surface area contributed by atoms with E-state index in [0.717, 1.165) is 0 Å². The first-order valence-corrected chi connectivity index (χ1v) is 7.37. The van der Waals surface area contributed by atoms with Crippen LogP contribution in [-0.2, 0) is 6.42 Å². The van der Waals surface area contributed by atoms with Gasteiger partial charge in [0.1, 0.15) is 5.75 Å². The summed E-state index contributed by atoms with van der Waals surface area (Å²) in [5.74, 6) is 1.16. The summed E-state index contributed by atoms with van der Waals surface area (Å²) in [6, 6.07) is 14.0. The standard InChI is InChI=1S/C17H18ClNO/c18-16-10-14(19)8-9-17(16)20-11-13-6-3-5-12-4-1-2-7-15(12)13/h1-2,4,7-10,13H,3,5-6,11,19H2. The fraction of sp³-hybridized carbons (Fsp3) is 0.294. The van der Waals surface area contributed by atoms with Crippen molar-refractivity contribution in [2.45, 2.75) is 25.2 Å². The Morgan fingerprint density at radius 2 is 2.05 bits per heavy atom. The first-order valence-electron chi connectivity index (χ1n) is 6.99. The molecule has 0 saturated heterocycles. The van der Waals surface area contributed by atoms with Crippen molar-refractivity contribution in [3.05, 3.63) is 58.6 Å². The van der Waals surface area contributed by atoms with E-state index in [1.165, 1.54) is 30.4 Å². The highest BCUT2D eigenvalue weighted by atomic mass is 35.5. The second-order valence-electron chi connectivity index (χ2n) is 5.29. The molecule has 0 saturated carbocycles. The van der Waals surface area contributed by atoms with Crippen molar-refractivity contribution in [3.8, 4) is 5.75 Å². The monoisotopic (exact) mass is 287 g/mol. The lowest BCUT2D eigenvalue weighted by Crippen LogP contribution is -2.16. The number of fused-ring (bicyclic) bond motifs is 1. The fourth-order valence-corrected chi connectivity index (χ4v) is 3.10. The van der Waals surface area contributed by atoms with E-state index >= 15 is 0 Å². The third-order valence-electron chi connectivity index (χ3n) is 3.89. The van der Waals surface area contributed by atoms with E-state index in [9.17, 15) is 0 Å². The molecule has 0 radical (unpaired) electrons. The third kappa shape index (κ3) is 2.75. The van der Waals surface area contributed by atoms with Crippen LogP contribution in [-0.4, -0.2) is 6.61 Å². The van der Waals surface area contributed by atoms with Crippen LogP contribution in [0.4, 0.5) is 5.69 Å². The van der Waals surface area contributed by atoms with Crippen LogP contribution in [0.3, 0.4) is 0 Å². The zero-order valence-electron chi connectivity index (χ0n) is 11.3. The predicted octanol–water partition coefficient (Wildman–Crippen LogP) is 4.42. The molecule has 0 heterocycles. The highest BCUT2D eigenvalue weighted by Gasteiger charge is 2.20. The number of hydrogen-bond acceptors (Lipinski definition) is 2. The maximum absolute atomic E-state index is 6.14. The third-order valence-corrected chi connectivity index (χ3v) is 4.18. The molecule has 3 heteroatoms. The number of rotatable bonds is 3. The summed E-state index contributed by atoms with van der Waals surface area (Å²) < 4.78 is 5.90. The van der Waals surface area contributed by atoms with Crippen LogP contribution < -0.4 is 10.5 Å². The molecule has 0 spiro atoms. The van der Waals surface area contributed by atoms with E-state index in [1.54, 1.807) is 6.07 Å². The Balaban J connectivity index is 1.73. The van der Waals surface area contributed by atoms with Crippen LogP contribution >= 0.6 is 11.6 Å². The Morgan fingerprint density at radius 3 is 2.90 bits per heavy atom. The summed E-state index contributed by atoms with van der Waals surface area (Å²) in [6.45, 7) is 0.667. The van der Waals surface area contributed by atoms with Gasteiger partial charge in [-0.25, -0.2) is 0 Å². The van der Waals surface area contributed by atoms with Gasteiger partial charge in [0.2, 0.25) is 0 Å². The lowest BCUT2D eigenvalue weighted by molar-refractivity contribution is 0.275. The van der Waals surface area contributed by atoms with E-state index in [0.29, 0.717) is 29.0 Å². The van der Waals surface area contributed by atoms with Gasteiger partial charge in [0.05, 0.1) is 11.6 Å². The molecule has 2 nitrogen and oxygen atoms in total. The smallest absolute Gasteiger partial charge is 0.138 e. The van der Waals surface area contributed by atoms with Gasteiger partial charge in [-0.1, -0.05) is 35.9 Å². The zero-order valence-corrected chi connectivity index (χ0v) is 12.1. The van der Waals surface area contributed by atoms with Crippen LogP contribution in [0, 0.1) is 0 Å². The molecule has 2 aromatic rings. The Morgan fingerprint density at radius 1 is 1.20 bits per heavy atom. The highest BCUT2D eigenvalue weighted by molar-refractivity contribution is 6.32. The Hall–Kier alpha value is -1.67. The largest absolute Gasteiger partial charge is 0.491 e. The van der Waals surface area contributed by atoms with Crippen LogP contribution in [0.25, 0.3) is 0 Å². The molecule has 0 aliphatic heterocycles. The Kier molecular flexibility index (Phi) is 3.83. The average Bonchev–Trinajstić information content (AvgIpc) is 2.46. The molecule has 2 aromatic carbocycles. The molecular formula is C17H18ClNO. The summed E-state index contributed by atoms with van der Waals surface area (Å²) in [6.07, 6.45) is 3.57. The summed E-state index contributed by atoms with van der Waals surface area (Å²) in [7, 11) is 0. The molecule has 20 heavy (non-hydrogen) atoms. The van der Waals surface area contributed by atoms with Crippen LogP contribution in [0.5, 0.6) is 5.75 Å². The second kappa shape index (κ2) is 5.76. The molecule has 1 aliphatic rings. The Labute approximate surface area is 124 Å². The summed E-state index contributed by atoms with van der Waals surface area (Å²) >= 11 is 6.14. The molecule has 1 atom stereocenters. The van der Waals surface area contributed by atoms with E-state index < -0.39 is 0 Å². The van der Waals surface area contributed by atoms with Crippen molar-refractivity contribution in [2.75, 3.05) is 12.3 Å². The summed E-state index contributed by atoms with van der Waals surface area (Å²) in [5, 5.41) is 0.578. The van der Waals surface area contributed by atoms with Gasteiger partial charge in [-0.15, -0.1) is 0 Å². The molecule has 0 bridgehead atoms. The van der Waals surface area contributed by atoms with Gasteiger partial charge in [0, 0.05) is 11.6 Å². The van der Waals surface area contributed by atoms with E-state index in [2.05, 4.69) is 24.3 Å². The molecule has 3 rings (SSSR count). The number of anilines is 1. The number of hydrogen-bond donors (Lipinski definition) is 1. The quantitative estimate of drug-likeness (QED) is 0.848. The number of ether oxygens (including phenoxy) is 1. The summed E-state index contributed by atoms with van der Waals surface area (Å²) in [4.78, 5) is 0. The van der Waals surface area contributed by atoms with Gasteiger partial charge in [-0.05, 0) is 48.6 Å². The second-order valence-corrected chi connectivity index (χ2v) is 5.70. The van der Waals surface area contributed by atoms with Gasteiger partial charge in [0.15, 0.2) is 0 Å². The lowest BCUT2D eigenvalue weighted by Gasteiger charge is -2.25. The first kappa shape index (κ1) is 13.3. The van der Waals surface area contributed by atoms with Crippen molar-refractivity contribution in [1.82, 2.24) is 0 Å². The molecule has 0 fully saturated rings. The number of nitrogens with two attached hydrogens (primary N) is 1. The SMILES string of the molecule is Nc1ccc(OCC2CCCc3ccccc32)c(Cl)c1. The number of benzene rings is 2. The van der Waals surface area contributed by atoms with Gasteiger partial charge in [-0.3, -0.25) is 0 Å². The minimum absolute atomic E-state index is 0.452. The molecule has 0 amide bonds. The van der Waals surface area contributed by atoms with Crippen molar-refractivity contribution in [3.63, 3.8) is 0 Å². The van der Waals surface area contributed by atoms with Gasteiger partial charge < -0.3 is 10.5 Å². The predicted molar refractivity (Wildman–Crippen MR) is 83.5 cm³/mol. The number of halogens is 1. The maximum Gasteiger partial charge on any atom is 0.138 e. The van der Waals surface area contributed by atoms with Crippen LogP contribution in [0.1, 0.15) is 29.9 Å². The van der Waals surface area contributed by atoms with E-state index in [1.807, 2.05) is 12.1 Å². The van der Waals surface area contributed by atoms with Crippen molar-refractivity contribution in [1.29, 1.82) is 0 Å². The summed E-state index contributed by atoms with van der Waals surface area (Å²) in [5.41, 5.74) is 9.22. The maximum atomic E-state index is 6.14. The van der Waals surface area contributed by atoms with Gasteiger partial charge in [0.25, 0.3) is 0 Å². The number of nitrogen functional groups attached to an aromatic ring is 1. The van der Waals surface area contributed by atoms with E-state index in [4.69, 9.17) is 22.1 Å². The van der Waals surface area contributed by atoms with Crippen molar-refractivity contribution < 1.29 is 4.74 Å². The first-order chi connectivity index (χ1) is 9.74. The normalized spacial score (nSPS) is 17.6. The van der Waals surface area contributed by atoms with Crippen molar-refractivity contribution in [2.24, 2.45) is 0 Å². The van der Waals surface area contributed by atoms with Crippen LogP contribution in [0.15, 0.2) is 42.5 Å². The highest BCUT2D eigenvalue weighted by Crippen LogP contribution is 2.33. The molecule has 104 valence electrons. The fourth-order valence-electron chi connectivity index (χ4n) is 2.85. The van der Waals surface area contributed by atoms with Gasteiger partial charge >= 0.3 is 0 Å². The Bertz CT molecular complexity index is 612. The van der Waals surface area contributed by atoms with Crippen LogP contribution in [0.2, 0.25) is 5.02 Å². The van der Waals surface area contributed by atoms with E-state index in [-0.39, 0.29) is 0 Å². The molecule has 1 unspecified atom stereocenters. The molecule has 1 aliphatic carbocycles. The van der Waals surface area contributed by atoms with Gasteiger partial charge in [-0.2, -0.15) is 0 Å². The molecule has 2 N–H and O–H groups in total.